The van der Waals surface area contributed by atoms with Crippen LogP contribution in [0, 0.1) is 20.8 Å². The number of ether oxygens (including phenoxy) is 1. The monoisotopic (exact) mass is 341 g/mol. The fourth-order valence-corrected chi connectivity index (χ4v) is 2.87. The summed E-state index contributed by atoms with van der Waals surface area (Å²) in [5.74, 6) is 0.761. The average Bonchev–Trinajstić information content (AvgIpc) is 2.47. The summed E-state index contributed by atoms with van der Waals surface area (Å²) in [7, 11) is 0. The first kappa shape index (κ1) is 19.7. The van der Waals surface area contributed by atoms with Crippen LogP contribution in [-0.2, 0) is 4.79 Å². The van der Waals surface area contributed by atoms with E-state index in [0.717, 1.165) is 49.6 Å². The van der Waals surface area contributed by atoms with E-state index in [1.54, 1.807) is 0 Å². The molecule has 5 nitrogen and oxygen atoms in total. The molecule has 0 spiro atoms. The van der Waals surface area contributed by atoms with E-state index in [0.29, 0.717) is 6.54 Å². The van der Waals surface area contributed by atoms with Crippen LogP contribution in [0.3, 0.4) is 0 Å². The van der Waals surface area contributed by atoms with Crippen LogP contribution in [0.2, 0.25) is 0 Å². The molecule has 23 heavy (non-hydrogen) atoms. The second-order valence-electron chi connectivity index (χ2n) is 5.96. The summed E-state index contributed by atoms with van der Waals surface area (Å²) < 4.78 is 5.69. The van der Waals surface area contributed by atoms with Gasteiger partial charge in [0.2, 0.25) is 0 Å². The van der Waals surface area contributed by atoms with Crippen LogP contribution in [0.5, 0.6) is 5.75 Å². The summed E-state index contributed by atoms with van der Waals surface area (Å²) in [5.41, 5.74) is 3.36. The van der Waals surface area contributed by atoms with Crippen molar-refractivity contribution in [2.75, 3.05) is 45.9 Å². The molecule has 0 atom stereocenters. The Labute approximate surface area is 145 Å². The number of halogens is 1. The quantitative estimate of drug-likeness (QED) is 0.822. The van der Waals surface area contributed by atoms with E-state index in [1.807, 2.05) is 13.8 Å². The Bertz CT molecular complexity index is 494. The molecule has 0 radical (unpaired) electrons. The largest absolute Gasteiger partial charge is 0.483 e. The maximum Gasteiger partial charge on any atom is 0.257 e. The molecule has 1 heterocycles. The summed E-state index contributed by atoms with van der Waals surface area (Å²) in [4.78, 5) is 14.2. The van der Waals surface area contributed by atoms with Gasteiger partial charge in [0, 0.05) is 39.3 Å². The van der Waals surface area contributed by atoms with Crippen LogP contribution < -0.4 is 15.4 Å². The summed E-state index contributed by atoms with van der Waals surface area (Å²) in [6, 6.07) is 4.15. The van der Waals surface area contributed by atoms with Gasteiger partial charge >= 0.3 is 0 Å². The van der Waals surface area contributed by atoms with Crippen molar-refractivity contribution >= 4 is 18.3 Å². The number of carbonyl (C=O) groups excluding carboxylic acids is 1. The highest BCUT2D eigenvalue weighted by Crippen LogP contribution is 2.24. The number of carbonyl (C=O) groups is 1. The van der Waals surface area contributed by atoms with Crippen molar-refractivity contribution in [3.8, 4) is 5.75 Å². The van der Waals surface area contributed by atoms with Gasteiger partial charge in [-0.15, -0.1) is 12.4 Å². The van der Waals surface area contributed by atoms with Crippen molar-refractivity contribution in [3.05, 3.63) is 28.8 Å². The van der Waals surface area contributed by atoms with Gasteiger partial charge < -0.3 is 15.4 Å². The van der Waals surface area contributed by atoms with Crippen molar-refractivity contribution in [1.29, 1.82) is 0 Å². The lowest BCUT2D eigenvalue weighted by Crippen LogP contribution is -2.46. The van der Waals surface area contributed by atoms with E-state index in [4.69, 9.17) is 4.74 Å². The SMILES string of the molecule is Cc1cc(C)c(OCC(=O)NCCN2CCNCC2)c(C)c1.Cl. The zero-order valence-electron chi connectivity index (χ0n) is 14.3. The molecule has 6 heteroatoms. The lowest BCUT2D eigenvalue weighted by Gasteiger charge is -2.27. The highest BCUT2D eigenvalue weighted by Gasteiger charge is 2.11. The Morgan fingerprint density at radius 1 is 1.22 bits per heavy atom. The molecule has 0 saturated carbocycles. The number of benzene rings is 1. The molecule has 1 aliphatic heterocycles. The molecule has 0 unspecified atom stereocenters. The Kier molecular flexibility index (Phi) is 8.37. The molecule has 1 aromatic carbocycles. The van der Waals surface area contributed by atoms with Gasteiger partial charge in [-0.25, -0.2) is 0 Å². The first-order chi connectivity index (χ1) is 10.6. The van der Waals surface area contributed by atoms with Crippen molar-refractivity contribution in [2.24, 2.45) is 0 Å². The van der Waals surface area contributed by atoms with Crippen molar-refractivity contribution in [1.82, 2.24) is 15.5 Å². The van der Waals surface area contributed by atoms with Crippen molar-refractivity contribution in [3.63, 3.8) is 0 Å². The van der Waals surface area contributed by atoms with Crippen LogP contribution in [0.1, 0.15) is 16.7 Å². The molecule has 130 valence electrons. The first-order valence-electron chi connectivity index (χ1n) is 7.96. The normalized spacial score (nSPS) is 14.9. The number of nitrogens with one attached hydrogen (secondary N) is 2. The lowest BCUT2D eigenvalue weighted by atomic mass is 10.1. The zero-order valence-corrected chi connectivity index (χ0v) is 15.1. The Hall–Kier alpha value is -1.30. The summed E-state index contributed by atoms with van der Waals surface area (Å²) in [5, 5.41) is 6.24. The number of hydrogen-bond donors (Lipinski definition) is 2. The third-order valence-corrected chi connectivity index (χ3v) is 3.91. The predicted octanol–water partition coefficient (Wildman–Crippen LogP) is 1.43. The van der Waals surface area contributed by atoms with E-state index < -0.39 is 0 Å². The van der Waals surface area contributed by atoms with Gasteiger partial charge in [-0.1, -0.05) is 17.7 Å². The van der Waals surface area contributed by atoms with Crippen molar-refractivity contribution in [2.45, 2.75) is 20.8 Å². The Morgan fingerprint density at radius 3 is 2.43 bits per heavy atom. The maximum absolute atomic E-state index is 11.9. The molecule has 1 amide bonds. The minimum absolute atomic E-state index is 0. The van der Waals surface area contributed by atoms with Gasteiger partial charge in [0.25, 0.3) is 5.91 Å². The number of aryl methyl sites for hydroxylation is 3. The Morgan fingerprint density at radius 2 is 1.83 bits per heavy atom. The molecule has 0 aliphatic carbocycles. The Balaban J connectivity index is 0.00000264. The molecule has 1 aliphatic rings. The zero-order chi connectivity index (χ0) is 15.9. The van der Waals surface area contributed by atoms with Crippen LogP contribution >= 0.6 is 12.4 Å². The van der Waals surface area contributed by atoms with Gasteiger partial charge in [-0.3, -0.25) is 9.69 Å². The predicted molar refractivity (Wildman–Crippen MR) is 95.7 cm³/mol. The van der Waals surface area contributed by atoms with Gasteiger partial charge in [0.15, 0.2) is 6.61 Å². The third-order valence-electron chi connectivity index (χ3n) is 3.91. The molecule has 1 saturated heterocycles. The minimum atomic E-state index is -0.0606. The van der Waals surface area contributed by atoms with E-state index in [9.17, 15) is 4.79 Å². The number of amides is 1. The molecule has 1 fully saturated rings. The van der Waals surface area contributed by atoms with Gasteiger partial charge in [-0.05, 0) is 31.9 Å². The van der Waals surface area contributed by atoms with Crippen LogP contribution in [-0.4, -0.2) is 56.7 Å². The molecule has 0 bridgehead atoms. The fraction of sp³-hybridized carbons (Fsp3) is 0.588. The lowest BCUT2D eigenvalue weighted by molar-refractivity contribution is -0.123. The molecule has 0 aromatic heterocycles. The maximum atomic E-state index is 11.9. The summed E-state index contributed by atoms with van der Waals surface area (Å²) >= 11 is 0. The smallest absolute Gasteiger partial charge is 0.257 e. The standard InChI is InChI=1S/C17H27N3O2.ClH/c1-13-10-14(2)17(15(3)11-13)22-12-16(21)19-6-9-20-7-4-18-5-8-20;/h10-11,18H,4-9,12H2,1-3H3,(H,19,21);1H. The molecular formula is C17H28ClN3O2. The van der Waals surface area contributed by atoms with Crippen molar-refractivity contribution < 1.29 is 9.53 Å². The molecular weight excluding hydrogens is 314 g/mol. The third kappa shape index (κ3) is 6.37. The van der Waals surface area contributed by atoms with E-state index in [1.165, 1.54) is 5.56 Å². The second kappa shape index (κ2) is 9.75. The summed E-state index contributed by atoms with van der Waals surface area (Å²) in [6.45, 7) is 11.9. The van der Waals surface area contributed by atoms with Crippen LogP contribution in [0.4, 0.5) is 0 Å². The molecule has 2 N–H and O–H groups in total. The topological polar surface area (TPSA) is 53.6 Å². The summed E-state index contributed by atoms with van der Waals surface area (Å²) in [6.07, 6.45) is 0. The first-order valence-corrected chi connectivity index (χ1v) is 7.96. The van der Waals surface area contributed by atoms with E-state index in [2.05, 4.69) is 34.6 Å². The highest BCUT2D eigenvalue weighted by atomic mass is 35.5. The molecule has 2 rings (SSSR count). The minimum Gasteiger partial charge on any atom is -0.483 e. The highest BCUT2D eigenvalue weighted by molar-refractivity contribution is 5.85. The second-order valence-corrected chi connectivity index (χ2v) is 5.96. The fourth-order valence-electron chi connectivity index (χ4n) is 2.87. The van der Waals surface area contributed by atoms with Gasteiger partial charge in [-0.2, -0.15) is 0 Å². The average molecular weight is 342 g/mol. The number of hydrogen-bond acceptors (Lipinski definition) is 4. The molecule has 1 aromatic rings. The van der Waals surface area contributed by atoms with E-state index >= 15 is 0 Å². The van der Waals surface area contributed by atoms with E-state index in [-0.39, 0.29) is 24.9 Å². The van der Waals surface area contributed by atoms with Gasteiger partial charge in [0.1, 0.15) is 5.75 Å². The number of rotatable bonds is 6. The van der Waals surface area contributed by atoms with Crippen LogP contribution in [0.25, 0.3) is 0 Å². The van der Waals surface area contributed by atoms with Crippen LogP contribution in [0.15, 0.2) is 12.1 Å². The van der Waals surface area contributed by atoms with Gasteiger partial charge in [0.05, 0.1) is 0 Å². The number of nitrogens with zero attached hydrogens (tertiary/aromatic N) is 1. The number of piperazine rings is 1.